The van der Waals surface area contributed by atoms with E-state index in [0.29, 0.717) is 0 Å². The first-order valence-electron chi connectivity index (χ1n) is 8.86. The highest BCUT2D eigenvalue weighted by atomic mass is 15.3. The summed E-state index contributed by atoms with van der Waals surface area (Å²) in [4.78, 5) is 6.89. The maximum atomic E-state index is 4.80. The van der Waals surface area contributed by atoms with Gasteiger partial charge in [0.2, 0.25) is 0 Å². The number of benzene rings is 2. The minimum Gasteiger partial charge on any atom is -0.378 e. The first-order valence-corrected chi connectivity index (χ1v) is 8.86. The molecule has 0 spiro atoms. The van der Waals surface area contributed by atoms with Crippen LogP contribution in [0.3, 0.4) is 0 Å². The summed E-state index contributed by atoms with van der Waals surface area (Å²) in [6.07, 6.45) is 6.66. The second kappa shape index (κ2) is 7.56. The summed E-state index contributed by atoms with van der Waals surface area (Å²) in [5, 5.41) is 4.32. The number of nitrogens with zero attached hydrogens (tertiary/aromatic N) is 3. The van der Waals surface area contributed by atoms with Crippen molar-refractivity contribution in [2.24, 2.45) is 10.1 Å². The van der Waals surface area contributed by atoms with E-state index in [9.17, 15) is 0 Å². The fraction of sp³-hybridized carbons (Fsp3) is 0.273. The highest BCUT2D eigenvalue weighted by Crippen LogP contribution is 2.25. The molecule has 26 heavy (non-hydrogen) atoms. The third-order valence-electron chi connectivity index (χ3n) is 4.34. The van der Waals surface area contributed by atoms with Gasteiger partial charge in [-0.05, 0) is 49.6 Å². The third-order valence-corrected chi connectivity index (χ3v) is 4.34. The molecular formula is C22H26N4. The molecule has 4 heteroatoms. The Morgan fingerprint density at radius 2 is 1.81 bits per heavy atom. The zero-order valence-electron chi connectivity index (χ0n) is 15.9. The van der Waals surface area contributed by atoms with Crippen LogP contribution >= 0.6 is 0 Å². The summed E-state index contributed by atoms with van der Waals surface area (Å²) in [6.45, 7) is 4.29. The van der Waals surface area contributed by atoms with E-state index in [1.807, 2.05) is 32.3 Å². The molecule has 0 bridgehead atoms. The van der Waals surface area contributed by atoms with Crippen LogP contribution in [0, 0.1) is 0 Å². The van der Waals surface area contributed by atoms with Crippen molar-refractivity contribution >= 4 is 23.8 Å². The maximum absolute atomic E-state index is 4.80. The Morgan fingerprint density at radius 1 is 1.08 bits per heavy atom. The Hall–Kier alpha value is -2.88. The molecule has 2 aromatic carbocycles. The second-order valence-electron chi connectivity index (χ2n) is 7.34. The number of hydrogen-bond acceptors (Lipinski definition) is 4. The standard InChI is InChI=1S/C22H26N4/c1-22(2)16-18-9-5-6-10-20(18)21(24-22)25-23-15-7-8-17-11-13-19(14-12-17)26(3)4/h5-15H,16H2,1-4H3,(H,24,25)/b8-7+,23-15-. The number of amidine groups is 1. The van der Waals surface area contributed by atoms with Gasteiger partial charge in [-0.1, -0.05) is 42.5 Å². The summed E-state index contributed by atoms with van der Waals surface area (Å²) in [7, 11) is 4.08. The zero-order valence-corrected chi connectivity index (χ0v) is 15.9. The summed E-state index contributed by atoms with van der Waals surface area (Å²) in [5.41, 5.74) is 7.76. The molecule has 0 saturated carbocycles. The minimum absolute atomic E-state index is 0.115. The van der Waals surface area contributed by atoms with Gasteiger partial charge >= 0.3 is 0 Å². The van der Waals surface area contributed by atoms with E-state index in [2.05, 4.69) is 71.7 Å². The third kappa shape index (κ3) is 4.39. The molecule has 1 N–H and O–H groups in total. The summed E-state index contributed by atoms with van der Waals surface area (Å²) < 4.78 is 0. The van der Waals surface area contributed by atoms with Crippen molar-refractivity contribution in [2.45, 2.75) is 25.8 Å². The molecule has 1 aliphatic heterocycles. The van der Waals surface area contributed by atoms with Gasteiger partial charge in [0.15, 0.2) is 0 Å². The molecule has 4 nitrogen and oxygen atoms in total. The van der Waals surface area contributed by atoms with Crippen molar-refractivity contribution < 1.29 is 0 Å². The van der Waals surface area contributed by atoms with Gasteiger partial charge in [-0.2, -0.15) is 5.10 Å². The summed E-state index contributed by atoms with van der Waals surface area (Å²) >= 11 is 0. The number of allylic oxidation sites excluding steroid dienone is 1. The van der Waals surface area contributed by atoms with Crippen molar-refractivity contribution in [3.05, 3.63) is 71.3 Å². The van der Waals surface area contributed by atoms with Crippen LogP contribution in [0.25, 0.3) is 6.08 Å². The molecule has 2 aromatic rings. The molecule has 0 unspecified atom stereocenters. The van der Waals surface area contributed by atoms with Gasteiger partial charge in [0.05, 0.1) is 5.54 Å². The van der Waals surface area contributed by atoms with E-state index < -0.39 is 0 Å². The topological polar surface area (TPSA) is 40.0 Å². The Morgan fingerprint density at radius 3 is 2.54 bits per heavy atom. The quantitative estimate of drug-likeness (QED) is 0.668. The monoisotopic (exact) mass is 346 g/mol. The van der Waals surface area contributed by atoms with Crippen LogP contribution < -0.4 is 10.3 Å². The molecule has 1 heterocycles. The molecule has 3 rings (SSSR count). The molecule has 0 aliphatic carbocycles. The van der Waals surface area contributed by atoms with E-state index in [-0.39, 0.29) is 5.54 Å². The van der Waals surface area contributed by atoms with Crippen LogP contribution in [0.4, 0.5) is 5.69 Å². The van der Waals surface area contributed by atoms with E-state index in [1.54, 1.807) is 6.21 Å². The number of anilines is 1. The molecule has 0 saturated heterocycles. The normalized spacial score (nSPS) is 15.8. The zero-order chi connectivity index (χ0) is 18.6. The van der Waals surface area contributed by atoms with Gasteiger partial charge in [0.1, 0.15) is 5.84 Å². The Bertz CT molecular complexity index is 843. The number of aliphatic imine (C=N–C) groups is 1. The predicted octanol–water partition coefficient (Wildman–Crippen LogP) is 4.12. The number of fused-ring (bicyclic) bond motifs is 1. The summed E-state index contributed by atoms with van der Waals surface area (Å²) in [5.74, 6) is 0.830. The Kier molecular flexibility index (Phi) is 5.21. The van der Waals surface area contributed by atoms with Crippen molar-refractivity contribution in [1.82, 2.24) is 5.43 Å². The van der Waals surface area contributed by atoms with E-state index in [0.717, 1.165) is 23.4 Å². The van der Waals surface area contributed by atoms with Crippen LogP contribution in [-0.4, -0.2) is 31.7 Å². The minimum atomic E-state index is -0.115. The van der Waals surface area contributed by atoms with E-state index in [1.165, 1.54) is 11.3 Å². The average molecular weight is 346 g/mol. The number of hydrogen-bond donors (Lipinski definition) is 1. The second-order valence-corrected chi connectivity index (χ2v) is 7.34. The van der Waals surface area contributed by atoms with Crippen molar-refractivity contribution in [3.63, 3.8) is 0 Å². The van der Waals surface area contributed by atoms with Crippen LogP contribution in [0.5, 0.6) is 0 Å². The van der Waals surface area contributed by atoms with Crippen molar-refractivity contribution in [2.75, 3.05) is 19.0 Å². The van der Waals surface area contributed by atoms with E-state index >= 15 is 0 Å². The van der Waals surface area contributed by atoms with Crippen LogP contribution in [0.2, 0.25) is 0 Å². The van der Waals surface area contributed by atoms with Crippen molar-refractivity contribution in [3.8, 4) is 0 Å². The van der Waals surface area contributed by atoms with Gasteiger partial charge in [0.25, 0.3) is 0 Å². The smallest absolute Gasteiger partial charge is 0.149 e. The average Bonchev–Trinajstić information content (AvgIpc) is 2.60. The largest absolute Gasteiger partial charge is 0.378 e. The molecule has 0 amide bonds. The Labute approximate surface area is 156 Å². The molecule has 134 valence electrons. The van der Waals surface area contributed by atoms with Gasteiger partial charge in [-0.3, -0.25) is 10.4 Å². The van der Waals surface area contributed by atoms with Gasteiger partial charge in [-0.15, -0.1) is 0 Å². The highest BCUT2D eigenvalue weighted by Gasteiger charge is 2.26. The number of hydrazone groups is 1. The first-order chi connectivity index (χ1) is 12.4. The molecule has 0 aromatic heterocycles. The summed E-state index contributed by atoms with van der Waals surface area (Å²) in [6, 6.07) is 16.8. The van der Waals surface area contributed by atoms with Gasteiger partial charge in [-0.25, -0.2) is 0 Å². The van der Waals surface area contributed by atoms with E-state index in [4.69, 9.17) is 4.99 Å². The lowest BCUT2D eigenvalue weighted by Gasteiger charge is -2.28. The molecule has 0 atom stereocenters. The lowest BCUT2D eigenvalue weighted by atomic mass is 9.89. The van der Waals surface area contributed by atoms with Gasteiger partial charge < -0.3 is 4.90 Å². The molecule has 0 fully saturated rings. The SMILES string of the molecule is CN(C)c1ccc(/C=C/C=N\NC2=NC(C)(C)Cc3ccccc32)cc1. The molecule has 1 aliphatic rings. The fourth-order valence-electron chi connectivity index (χ4n) is 3.04. The lowest BCUT2D eigenvalue weighted by molar-refractivity contribution is 0.509. The van der Waals surface area contributed by atoms with Crippen LogP contribution in [0.15, 0.2) is 64.7 Å². The number of nitrogens with one attached hydrogen (secondary N) is 1. The predicted molar refractivity (Wildman–Crippen MR) is 112 cm³/mol. The Balaban J connectivity index is 1.65. The number of rotatable bonds is 4. The van der Waals surface area contributed by atoms with Crippen LogP contribution in [0.1, 0.15) is 30.5 Å². The lowest BCUT2D eigenvalue weighted by Crippen LogP contribution is -2.34. The van der Waals surface area contributed by atoms with Gasteiger partial charge in [0, 0.05) is 31.6 Å². The first kappa shape index (κ1) is 17.9. The maximum Gasteiger partial charge on any atom is 0.149 e. The van der Waals surface area contributed by atoms with Crippen molar-refractivity contribution in [1.29, 1.82) is 0 Å². The fourth-order valence-corrected chi connectivity index (χ4v) is 3.04. The van der Waals surface area contributed by atoms with Crippen LogP contribution in [-0.2, 0) is 6.42 Å². The molecular weight excluding hydrogens is 320 g/mol. The molecule has 0 radical (unpaired) electrons. The highest BCUT2D eigenvalue weighted by molar-refractivity contribution is 6.01.